The molecular weight excluding hydrogens is 306 g/mol. The average Bonchev–Trinajstić information content (AvgIpc) is 2.47. The minimum Gasteiger partial charge on any atom is -0.398 e. The van der Waals surface area contributed by atoms with Gasteiger partial charge in [0.05, 0.1) is 27.6 Å². The van der Waals surface area contributed by atoms with Crippen molar-refractivity contribution in [3.05, 3.63) is 42.2 Å². The summed E-state index contributed by atoms with van der Waals surface area (Å²) in [6.45, 7) is 0. The number of aromatic nitrogens is 2. The first-order chi connectivity index (χ1) is 9.24. The molecule has 4 nitrogen and oxygen atoms in total. The number of nitrogens with two attached hydrogens (primary N) is 1. The SMILES string of the molecule is Nc1c(C(=O)CBr)c2cccnc2c2ncccc12. The van der Waals surface area contributed by atoms with Crippen LogP contribution in [0.1, 0.15) is 10.4 Å². The Bertz CT molecular complexity index is 801. The molecule has 0 saturated heterocycles. The van der Waals surface area contributed by atoms with Gasteiger partial charge in [0, 0.05) is 23.2 Å². The third-order valence-corrected chi connectivity index (χ3v) is 3.58. The Kier molecular flexibility index (Phi) is 2.91. The number of anilines is 1. The van der Waals surface area contributed by atoms with E-state index < -0.39 is 0 Å². The minimum atomic E-state index is -0.0544. The number of alkyl halides is 1. The summed E-state index contributed by atoms with van der Waals surface area (Å²) in [7, 11) is 0. The van der Waals surface area contributed by atoms with Gasteiger partial charge in [0.15, 0.2) is 5.78 Å². The van der Waals surface area contributed by atoms with Crippen molar-refractivity contribution in [3.63, 3.8) is 0 Å². The first-order valence-electron chi connectivity index (χ1n) is 5.74. The molecule has 0 aliphatic rings. The van der Waals surface area contributed by atoms with Gasteiger partial charge in [-0.25, -0.2) is 0 Å². The average molecular weight is 316 g/mol. The summed E-state index contributed by atoms with van der Waals surface area (Å²) in [5.74, 6) is -0.0544. The van der Waals surface area contributed by atoms with Crippen LogP contribution in [-0.4, -0.2) is 21.1 Å². The summed E-state index contributed by atoms with van der Waals surface area (Å²) in [4.78, 5) is 20.8. The molecule has 3 aromatic rings. The number of pyridine rings is 2. The Hall–Kier alpha value is -2.01. The number of fused-ring (bicyclic) bond motifs is 3. The zero-order chi connectivity index (χ0) is 13.4. The number of hydrogen-bond acceptors (Lipinski definition) is 4. The normalized spacial score (nSPS) is 11.0. The number of nitrogens with zero attached hydrogens (tertiary/aromatic N) is 2. The van der Waals surface area contributed by atoms with Gasteiger partial charge in [0.1, 0.15) is 0 Å². The molecule has 2 heterocycles. The second kappa shape index (κ2) is 4.59. The molecule has 0 fully saturated rings. The summed E-state index contributed by atoms with van der Waals surface area (Å²) < 4.78 is 0. The van der Waals surface area contributed by atoms with Crippen LogP contribution in [0.2, 0.25) is 0 Å². The molecule has 0 amide bonds. The van der Waals surface area contributed by atoms with Gasteiger partial charge in [-0.3, -0.25) is 14.8 Å². The van der Waals surface area contributed by atoms with Gasteiger partial charge in [-0.2, -0.15) is 0 Å². The second-order valence-electron chi connectivity index (χ2n) is 4.14. The fraction of sp³-hybridized carbons (Fsp3) is 0.0714. The number of Topliss-reactive ketones (excluding diaryl/α,β-unsaturated/α-hetero) is 1. The van der Waals surface area contributed by atoms with Crippen LogP contribution < -0.4 is 5.73 Å². The molecule has 94 valence electrons. The van der Waals surface area contributed by atoms with E-state index in [1.807, 2.05) is 12.1 Å². The Balaban J connectivity index is 2.59. The molecule has 19 heavy (non-hydrogen) atoms. The van der Waals surface area contributed by atoms with Crippen LogP contribution in [-0.2, 0) is 0 Å². The minimum absolute atomic E-state index is 0.0544. The van der Waals surface area contributed by atoms with Gasteiger partial charge >= 0.3 is 0 Å². The predicted molar refractivity (Wildman–Crippen MR) is 79.6 cm³/mol. The predicted octanol–water partition coefficient (Wildman–Crippen LogP) is 2.94. The summed E-state index contributed by atoms with van der Waals surface area (Å²) in [6, 6.07) is 7.30. The van der Waals surface area contributed by atoms with Crippen molar-refractivity contribution in [1.29, 1.82) is 0 Å². The van der Waals surface area contributed by atoms with Crippen LogP contribution >= 0.6 is 15.9 Å². The van der Waals surface area contributed by atoms with E-state index in [-0.39, 0.29) is 11.1 Å². The maximum Gasteiger partial charge on any atom is 0.176 e. The molecule has 0 radical (unpaired) electrons. The smallest absolute Gasteiger partial charge is 0.176 e. The van der Waals surface area contributed by atoms with E-state index in [0.717, 1.165) is 16.3 Å². The van der Waals surface area contributed by atoms with Gasteiger partial charge in [0.2, 0.25) is 0 Å². The molecule has 0 saturated carbocycles. The molecule has 0 bridgehead atoms. The molecule has 3 rings (SSSR count). The van der Waals surface area contributed by atoms with E-state index in [2.05, 4.69) is 25.9 Å². The summed E-state index contributed by atoms with van der Waals surface area (Å²) in [5.41, 5.74) is 8.56. The van der Waals surface area contributed by atoms with Gasteiger partial charge in [-0.1, -0.05) is 22.0 Å². The third kappa shape index (κ3) is 1.77. The Labute approximate surface area is 117 Å². The topological polar surface area (TPSA) is 68.9 Å². The molecule has 0 aliphatic heterocycles. The van der Waals surface area contributed by atoms with Gasteiger partial charge in [-0.05, 0) is 18.2 Å². The summed E-state index contributed by atoms with van der Waals surface area (Å²) in [5, 5.41) is 1.74. The van der Waals surface area contributed by atoms with E-state index in [1.165, 1.54) is 0 Å². The number of rotatable bonds is 2. The molecule has 2 aromatic heterocycles. The van der Waals surface area contributed by atoms with Crippen LogP contribution in [0, 0.1) is 0 Å². The standard InChI is InChI=1S/C14H10BrN3O/c15-7-10(19)11-8-3-1-5-17-13(8)14-9(12(11)16)4-2-6-18-14/h1-6H,7,16H2. The lowest BCUT2D eigenvalue weighted by Gasteiger charge is -2.11. The van der Waals surface area contributed by atoms with Crippen molar-refractivity contribution in [3.8, 4) is 0 Å². The van der Waals surface area contributed by atoms with Crippen molar-refractivity contribution >= 4 is 49.2 Å². The largest absolute Gasteiger partial charge is 0.398 e. The zero-order valence-corrected chi connectivity index (χ0v) is 11.5. The molecule has 2 N–H and O–H groups in total. The van der Waals surface area contributed by atoms with E-state index in [1.54, 1.807) is 24.5 Å². The van der Waals surface area contributed by atoms with Crippen molar-refractivity contribution < 1.29 is 4.79 Å². The quantitative estimate of drug-likeness (QED) is 0.341. The van der Waals surface area contributed by atoms with E-state index in [4.69, 9.17) is 5.73 Å². The lowest BCUT2D eigenvalue weighted by atomic mass is 9.99. The Morgan fingerprint density at radius 2 is 1.68 bits per heavy atom. The maximum absolute atomic E-state index is 12.1. The molecule has 0 aliphatic carbocycles. The number of carbonyl (C=O) groups is 1. The number of ketones is 1. The number of halogens is 1. The molecule has 5 heteroatoms. The highest BCUT2D eigenvalue weighted by molar-refractivity contribution is 9.09. The number of nitrogen functional groups attached to an aromatic ring is 1. The monoisotopic (exact) mass is 315 g/mol. The number of benzene rings is 1. The second-order valence-corrected chi connectivity index (χ2v) is 4.71. The van der Waals surface area contributed by atoms with Gasteiger partial charge < -0.3 is 5.73 Å². The highest BCUT2D eigenvalue weighted by Gasteiger charge is 2.18. The van der Waals surface area contributed by atoms with E-state index in [9.17, 15) is 4.79 Å². The summed E-state index contributed by atoms with van der Waals surface area (Å²) in [6.07, 6.45) is 3.39. The van der Waals surface area contributed by atoms with Crippen molar-refractivity contribution in [2.75, 3.05) is 11.1 Å². The number of carbonyl (C=O) groups excluding carboxylic acids is 1. The summed E-state index contributed by atoms with van der Waals surface area (Å²) >= 11 is 3.19. The van der Waals surface area contributed by atoms with Crippen molar-refractivity contribution in [1.82, 2.24) is 9.97 Å². The third-order valence-electron chi connectivity index (χ3n) is 3.07. The fourth-order valence-electron chi connectivity index (χ4n) is 2.25. The van der Waals surface area contributed by atoms with Crippen LogP contribution in [0.5, 0.6) is 0 Å². The molecule has 0 spiro atoms. The van der Waals surface area contributed by atoms with Crippen LogP contribution in [0.4, 0.5) is 5.69 Å². The van der Waals surface area contributed by atoms with Gasteiger partial charge in [-0.15, -0.1) is 0 Å². The highest BCUT2D eigenvalue weighted by atomic mass is 79.9. The molecule has 1 aromatic carbocycles. The van der Waals surface area contributed by atoms with Crippen LogP contribution in [0.3, 0.4) is 0 Å². The Morgan fingerprint density at radius 1 is 1.11 bits per heavy atom. The lowest BCUT2D eigenvalue weighted by molar-refractivity contribution is 0.102. The fourth-order valence-corrected chi connectivity index (χ4v) is 2.53. The van der Waals surface area contributed by atoms with E-state index >= 15 is 0 Å². The van der Waals surface area contributed by atoms with E-state index in [0.29, 0.717) is 16.8 Å². The first kappa shape index (κ1) is 12.0. The van der Waals surface area contributed by atoms with Crippen LogP contribution in [0.15, 0.2) is 36.7 Å². The van der Waals surface area contributed by atoms with Crippen molar-refractivity contribution in [2.24, 2.45) is 0 Å². The molecule has 0 unspecified atom stereocenters. The lowest BCUT2D eigenvalue weighted by Crippen LogP contribution is -2.07. The molecule has 0 atom stereocenters. The first-order valence-corrected chi connectivity index (χ1v) is 6.86. The highest BCUT2D eigenvalue weighted by Crippen LogP contribution is 2.32. The van der Waals surface area contributed by atoms with Gasteiger partial charge in [0.25, 0.3) is 0 Å². The zero-order valence-electron chi connectivity index (χ0n) is 9.93. The molecular formula is C14H10BrN3O. The maximum atomic E-state index is 12.1. The van der Waals surface area contributed by atoms with Crippen molar-refractivity contribution in [2.45, 2.75) is 0 Å². The Morgan fingerprint density at radius 3 is 2.32 bits per heavy atom. The van der Waals surface area contributed by atoms with Crippen LogP contribution in [0.25, 0.3) is 21.8 Å². The number of hydrogen-bond donors (Lipinski definition) is 1.